The third kappa shape index (κ3) is 2.68. The molecule has 5 heteroatoms. The minimum absolute atomic E-state index is 0.00489. The van der Waals surface area contributed by atoms with Crippen molar-refractivity contribution < 1.29 is 14.3 Å². The van der Waals surface area contributed by atoms with E-state index in [0.717, 1.165) is 16.8 Å². The summed E-state index contributed by atoms with van der Waals surface area (Å²) in [7, 11) is 1.36. The third-order valence-electron chi connectivity index (χ3n) is 3.07. The van der Waals surface area contributed by atoms with Gasteiger partial charge in [0.1, 0.15) is 0 Å². The van der Waals surface area contributed by atoms with Crippen LogP contribution in [0.5, 0.6) is 0 Å². The molecular formula is C13H16N2O3. The van der Waals surface area contributed by atoms with E-state index in [1.165, 1.54) is 7.11 Å². The molecule has 0 fully saturated rings. The minimum atomic E-state index is -0.261. The van der Waals surface area contributed by atoms with Gasteiger partial charge in [-0.05, 0) is 23.6 Å². The second kappa shape index (κ2) is 5.18. The molecule has 1 unspecified atom stereocenters. The van der Waals surface area contributed by atoms with Crippen molar-refractivity contribution in [3.63, 3.8) is 0 Å². The van der Waals surface area contributed by atoms with Crippen LogP contribution in [0.25, 0.3) is 0 Å². The Labute approximate surface area is 105 Å². The van der Waals surface area contributed by atoms with E-state index < -0.39 is 0 Å². The van der Waals surface area contributed by atoms with Crippen molar-refractivity contribution in [3.8, 4) is 0 Å². The second-order valence-electron chi connectivity index (χ2n) is 4.36. The maximum absolute atomic E-state index is 11.2. The second-order valence-corrected chi connectivity index (χ2v) is 4.36. The maximum Gasteiger partial charge on any atom is 0.305 e. The SMILES string of the molecule is COC(=O)CCC(N)c1ccc2c(c1)CC(=O)N2. The van der Waals surface area contributed by atoms with Crippen LogP contribution >= 0.6 is 0 Å². The van der Waals surface area contributed by atoms with Crippen LogP contribution in [0.2, 0.25) is 0 Å². The molecule has 1 aliphatic heterocycles. The number of methoxy groups -OCH3 is 1. The fourth-order valence-electron chi connectivity index (χ4n) is 2.02. The van der Waals surface area contributed by atoms with Crippen molar-refractivity contribution >= 4 is 17.6 Å². The van der Waals surface area contributed by atoms with Crippen molar-refractivity contribution in [2.45, 2.75) is 25.3 Å². The zero-order valence-electron chi connectivity index (χ0n) is 10.2. The summed E-state index contributed by atoms with van der Waals surface area (Å²) in [6.45, 7) is 0. The first-order chi connectivity index (χ1) is 8.60. The molecule has 1 amide bonds. The zero-order valence-corrected chi connectivity index (χ0v) is 10.2. The zero-order chi connectivity index (χ0) is 13.1. The van der Waals surface area contributed by atoms with Gasteiger partial charge in [0.15, 0.2) is 0 Å². The lowest BCUT2D eigenvalue weighted by Crippen LogP contribution is -2.13. The Balaban J connectivity index is 2.03. The Kier molecular flexibility index (Phi) is 3.62. The van der Waals surface area contributed by atoms with Gasteiger partial charge in [-0.1, -0.05) is 12.1 Å². The Bertz CT molecular complexity index is 485. The molecule has 18 heavy (non-hydrogen) atoms. The van der Waals surface area contributed by atoms with Crippen molar-refractivity contribution in [1.29, 1.82) is 0 Å². The number of hydrogen-bond acceptors (Lipinski definition) is 4. The van der Waals surface area contributed by atoms with E-state index in [4.69, 9.17) is 5.73 Å². The number of benzene rings is 1. The lowest BCUT2D eigenvalue weighted by molar-refractivity contribution is -0.140. The number of carbonyl (C=O) groups is 2. The summed E-state index contributed by atoms with van der Waals surface area (Å²) in [6, 6.07) is 5.44. The monoisotopic (exact) mass is 248 g/mol. The van der Waals surface area contributed by atoms with Crippen molar-refractivity contribution in [2.24, 2.45) is 5.73 Å². The molecule has 0 saturated carbocycles. The molecule has 96 valence electrons. The van der Waals surface area contributed by atoms with Crippen LogP contribution in [0.1, 0.15) is 30.0 Å². The summed E-state index contributed by atoms with van der Waals surface area (Å²) < 4.78 is 4.58. The summed E-state index contributed by atoms with van der Waals surface area (Å²) in [6.07, 6.45) is 1.23. The summed E-state index contributed by atoms with van der Waals surface area (Å²) in [5.41, 5.74) is 8.77. The number of carbonyl (C=O) groups excluding carboxylic acids is 2. The van der Waals surface area contributed by atoms with Gasteiger partial charge < -0.3 is 15.8 Å². The number of fused-ring (bicyclic) bond motifs is 1. The van der Waals surface area contributed by atoms with Crippen molar-refractivity contribution in [3.05, 3.63) is 29.3 Å². The minimum Gasteiger partial charge on any atom is -0.469 e. The van der Waals surface area contributed by atoms with Crippen LogP contribution in [0.3, 0.4) is 0 Å². The summed E-state index contributed by atoms with van der Waals surface area (Å²) >= 11 is 0. The van der Waals surface area contributed by atoms with Gasteiger partial charge in [-0.15, -0.1) is 0 Å². The van der Waals surface area contributed by atoms with Crippen LogP contribution in [0.4, 0.5) is 5.69 Å². The summed E-state index contributed by atoms with van der Waals surface area (Å²) in [5.74, 6) is -0.256. The maximum atomic E-state index is 11.2. The molecular weight excluding hydrogens is 232 g/mol. The van der Waals surface area contributed by atoms with E-state index in [0.29, 0.717) is 19.3 Å². The van der Waals surface area contributed by atoms with E-state index in [1.807, 2.05) is 18.2 Å². The fraction of sp³-hybridized carbons (Fsp3) is 0.385. The summed E-state index contributed by atoms with van der Waals surface area (Å²) in [4.78, 5) is 22.3. The summed E-state index contributed by atoms with van der Waals surface area (Å²) in [5, 5.41) is 2.77. The quantitative estimate of drug-likeness (QED) is 0.783. The average Bonchev–Trinajstić information content (AvgIpc) is 2.74. The predicted molar refractivity (Wildman–Crippen MR) is 67.0 cm³/mol. The van der Waals surface area contributed by atoms with Gasteiger partial charge in [-0.3, -0.25) is 9.59 Å². The largest absolute Gasteiger partial charge is 0.469 e. The van der Waals surface area contributed by atoms with Crippen LogP contribution in [-0.4, -0.2) is 19.0 Å². The Morgan fingerprint density at radius 2 is 2.33 bits per heavy atom. The lowest BCUT2D eigenvalue weighted by atomic mass is 9.99. The van der Waals surface area contributed by atoms with Gasteiger partial charge in [0, 0.05) is 18.2 Å². The Morgan fingerprint density at radius 1 is 1.56 bits per heavy atom. The molecule has 1 aromatic rings. The first-order valence-electron chi connectivity index (χ1n) is 5.85. The van der Waals surface area contributed by atoms with E-state index >= 15 is 0 Å². The highest BCUT2D eigenvalue weighted by Crippen LogP contribution is 2.27. The highest BCUT2D eigenvalue weighted by Gasteiger charge is 2.19. The number of amides is 1. The van der Waals surface area contributed by atoms with Gasteiger partial charge in [0.05, 0.1) is 13.5 Å². The van der Waals surface area contributed by atoms with Crippen molar-refractivity contribution in [2.75, 3.05) is 12.4 Å². The van der Waals surface area contributed by atoms with Gasteiger partial charge in [0.25, 0.3) is 0 Å². The van der Waals surface area contributed by atoms with E-state index in [-0.39, 0.29) is 17.9 Å². The highest BCUT2D eigenvalue weighted by molar-refractivity contribution is 5.99. The molecule has 5 nitrogen and oxygen atoms in total. The van der Waals surface area contributed by atoms with Gasteiger partial charge in [-0.2, -0.15) is 0 Å². The number of esters is 1. The van der Waals surface area contributed by atoms with Crippen LogP contribution in [-0.2, 0) is 20.7 Å². The molecule has 1 heterocycles. The smallest absolute Gasteiger partial charge is 0.305 e. The standard InChI is InChI=1S/C13H16N2O3/c1-18-13(17)5-3-10(14)8-2-4-11-9(6-8)7-12(16)15-11/h2,4,6,10H,3,5,7,14H2,1H3,(H,15,16). The fourth-order valence-corrected chi connectivity index (χ4v) is 2.02. The van der Waals surface area contributed by atoms with E-state index in [9.17, 15) is 9.59 Å². The lowest BCUT2D eigenvalue weighted by Gasteiger charge is -2.12. The molecule has 0 radical (unpaired) electrons. The normalized spacial score (nSPS) is 14.9. The topological polar surface area (TPSA) is 81.4 Å². The Morgan fingerprint density at radius 3 is 3.06 bits per heavy atom. The molecule has 3 N–H and O–H groups in total. The number of nitrogens with one attached hydrogen (secondary N) is 1. The molecule has 1 atom stereocenters. The van der Waals surface area contributed by atoms with Gasteiger partial charge in [-0.25, -0.2) is 0 Å². The molecule has 1 aliphatic rings. The van der Waals surface area contributed by atoms with Gasteiger partial charge >= 0.3 is 5.97 Å². The highest BCUT2D eigenvalue weighted by atomic mass is 16.5. The molecule has 2 rings (SSSR count). The van der Waals surface area contributed by atoms with Crippen LogP contribution in [0, 0.1) is 0 Å². The number of rotatable bonds is 4. The molecule has 0 saturated heterocycles. The number of anilines is 1. The number of nitrogens with two attached hydrogens (primary N) is 1. The average molecular weight is 248 g/mol. The first kappa shape index (κ1) is 12.6. The molecule has 0 bridgehead atoms. The predicted octanol–water partition coefficient (Wildman–Crippen LogP) is 1.13. The number of hydrogen-bond donors (Lipinski definition) is 2. The van der Waals surface area contributed by atoms with Crippen molar-refractivity contribution in [1.82, 2.24) is 0 Å². The third-order valence-corrected chi connectivity index (χ3v) is 3.07. The Hall–Kier alpha value is -1.88. The first-order valence-corrected chi connectivity index (χ1v) is 5.85. The molecule has 1 aromatic carbocycles. The molecule has 0 spiro atoms. The van der Waals surface area contributed by atoms with Crippen LogP contribution < -0.4 is 11.1 Å². The van der Waals surface area contributed by atoms with Crippen LogP contribution in [0.15, 0.2) is 18.2 Å². The molecule has 0 aliphatic carbocycles. The number of ether oxygens (including phenoxy) is 1. The van der Waals surface area contributed by atoms with E-state index in [2.05, 4.69) is 10.1 Å². The van der Waals surface area contributed by atoms with Gasteiger partial charge in [0.2, 0.25) is 5.91 Å². The molecule has 0 aromatic heterocycles. The van der Waals surface area contributed by atoms with E-state index in [1.54, 1.807) is 0 Å².